The molecule has 1 fully saturated rings. The number of nitrogens with two attached hydrogens (primary N) is 1. The van der Waals surface area contributed by atoms with Crippen LogP contribution in [0.2, 0.25) is 0 Å². The van der Waals surface area contributed by atoms with Crippen molar-refractivity contribution in [3.63, 3.8) is 0 Å². The maximum Gasteiger partial charge on any atom is 0.214 e. The lowest BCUT2D eigenvalue weighted by Crippen LogP contribution is -2.39. The zero-order valence-corrected chi connectivity index (χ0v) is 12.8. The molecule has 2 N–H and O–H groups in total. The molecule has 0 aromatic rings. The number of hydrogen-bond donors (Lipinski definition) is 1. The number of nitrogens with zero attached hydrogens (tertiary/aromatic N) is 1. The molecule has 4 nitrogen and oxygen atoms in total. The Kier molecular flexibility index (Phi) is 5.92. The molecule has 104 valence electrons. The first-order chi connectivity index (χ1) is 7.15. The second-order valence-electron chi connectivity index (χ2n) is 6.07. The third kappa shape index (κ3) is 4.73. The summed E-state index contributed by atoms with van der Waals surface area (Å²) >= 11 is 0. The summed E-state index contributed by atoms with van der Waals surface area (Å²) in [6.45, 7) is 8.99. The molecular formula is C11H25ClN2O2S. The molecular weight excluding hydrogens is 260 g/mol. The first-order valence-electron chi connectivity index (χ1n) is 5.85. The zero-order chi connectivity index (χ0) is 12.6. The van der Waals surface area contributed by atoms with Crippen molar-refractivity contribution in [2.24, 2.45) is 17.1 Å². The third-order valence-electron chi connectivity index (χ3n) is 2.91. The van der Waals surface area contributed by atoms with Gasteiger partial charge in [-0.15, -0.1) is 12.4 Å². The molecule has 0 spiro atoms. The van der Waals surface area contributed by atoms with Gasteiger partial charge in [0, 0.05) is 12.6 Å². The maximum atomic E-state index is 12.2. The highest BCUT2D eigenvalue weighted by Crippen LogP contribution is 2.28. The Morgan fingerprint density at radius 1 is 1.35 bits per heavy atom. The lowest BCUT2D eigenvalue weighted by molar-refractivity contribution is 0.383. The molecule has 1 aliphatic heterocycles. The fourth-order valence-corrected chi connectivity index (χ4v) is 4.63. The highest BCUT2D eigenvalue weighted by molar-refractivity contribution is 7.89. The molecule has 0 amide bonds. The van der Waals surface area contributed by atoms with E-state index >= 15 is 0 Å². The lowest BCUT2D eigenvalue weighted by Gasteiger charge is -2.26. The summed E-state index contributed by atoms with van der Waals surface area (Å²) in [5.74, 6) is 0.534. The number of hydrogen-bond acceptors (Lipinski definition) is 3. The highest BCUT2D eigenvalue weighted by Gasteiger charge is 2.37. The Bertz CT molecular complexity index is 338. The normalized spacial score (nSPS) is 26.9. The van der Waals surface area contributed by atoms with E-state index in [-0.39, 0.29) is 29.6 Å². The molecule has 0 radical (unpaired) electrons. The summed E-state index contributed by atoms with van der Waals surface area (Å²) in [6.07, 6.45) is 0.889. The maximum absolute atomic E-state index is 12.2. The quantitative estimate of drug-likeness (QED) is 0.853. The molecule has 0 bridgehead atoms. The van der Waals surface area contributed by atoms with Crippen LogP contribution in [-0.2, 0) is 10.0 Å². The summed E-state index contributed by atoms with van der Waals surface area (Å²) < 4.78 is 26.0. The van der Waals surface area contributed by atoms with Crippen molar-refractivity contribution >= 4 is 22.4 Å². The average molecular weight is 285 g/mol. The van der Waals surface area contributed by atoms with Gasteiger partial charge < -0.3 is 5.73 Å². The lowest BCUT2D eigenvalue weighted by atomic mass is 10.0. The van der Waals surface area contributed by atoms with Crippen molar-refractivity contribution in [3.8, 4) is 0 Å². The van der Waals surface area contributed by atoms with Gasteiger partial charge in [-0.05, 0) is 31.2 Å². The first-order valence-corrected chi connectivity index (χ1v) is 7.46. The van der Waals surface area contributed by atoms with Gasteiger partial charge in [-0.25, -0.2) is 8.42 Å². The van der Waals surface area contributed by atoms with E-state index in [1.807, 2.05) is 27.7 Å². The minimum absolute atomic E-state index is 0. The van der Waals surface area contributed by atoms with Crippen LogP contribution >= 0.6 is 12.4 Å². The standard InChI is InChI=1S/C11H24N2O2S.ClH/c1-9-5-10(6-12)7-13(9)16(14,15)8-11(2,3)4;/h9-10H,5-8,12H2,1-4H3;1H. The van der Waals surface area contributed by atoms with E-state index in [1.165, 1.54) is 0 Å². The molecule has 1 saturated heterocycles. The fourth-order valence-electron chi connectivity index (χ4n) is 2.30. The van der Waals surface area contributed by atoms with Crippen molar-refractivity contribution in [2.45, 2.75) is 40.2 Å². The predicted molar refractivity (Wildman–Crippen MR) is 73.8 cm³/mol. The van der Waals surface area contributed by atoms with Crippen LogP contribution in [0.4, 0.5) is 0 Å². The molecule has 0 aromatic carbocycles. The summed E-state index contributed by atoms with van der Waals surface area (Å²) in [4.78, 5) is 0. The summed E-state index contributed by atoms with van der Waals surface area (Å²) in [6, 6.07) is 0.0981. The number of sulfonamides is 1. The molecule has 1 aliphatic rings. The molecule has 6 heteroatoms. The molecule has 2 atom stereocenters. The van der Waals surface area contributed by atoms with Gasteiger partial charge in [0.25, 0.3) is 0 Å². The Hall–Kier alpha value is 0.160. The predicted octanol–water partition coefficient (Wildman–Crippen LogP) is 1.45. The second kappa shape index (κ2) is 5.87. The van der Waals surface area contributed by atoms with Gasteiger partial charge in [0.1, 0.15) is 0 Å². The molecule has 0 aromatic heterocycles. The molecule has 0 saturated carbocycles. The Morgan fingerprint density at radius 2 is 1.88 bits per heavy atom. The van der Waals surface area contributed by atoms with Crippen LogP contribution in [0, 0.1) is 11.3 Å². The van der Waals surface area contributed by atoms with Crippen LogP contribution in [0.3, 0.4) is 0 Å². The molecule has 1 heterocycles. The van der Waals surface area contributed by atoms with E-state index < -0.39 is 10.0 Å². The van der Waals surface area contributed by atoms with Crippen LogP contribution in [0.25, 0.3) is 0 Å². The third-order valence-corrected chi connectivity index (χ3v) is 5.36. The Balaban J connectivity index is 0.00000256. The number of rotatable bonds is 3. The summed E-state index contributed by atoms with van der Waals surface area (Å²) in [5.41, 5.74) is 5.41. The van der Waals surface area contributed by atoms with Gasteiger partial charge in [0.05, 0.1) is 5.75 Å². The van der Waals surface area contributed by atoms with E-state index in [9.17, 15) is 8.42 Å². The number of halogens is 1. The van der Waals surface area contributed by atoms with Gasteiger partial charge in [-0.3, -0.25) is 0 Å². The van der Waals surface area contributed by atoms with Crippen LogP contribution in [-0.4, -0.2) is 37.6 Å². The van der Waals surface area contributed by atoms with Gasteiger partial charge >= 0.3 is 0 Å². The van der Waals surface area contributed by atoms with E-state index in [2.05, 4.69) is 0 Å². The van der Waals surface area contributed by atoms with Crippen LogP contribution in [0.1, 0.15) is 34.1 Å². The Labute approximate surface area is 111 Å². The largest absolute Gasteiger partial charge is 0.330 e. The zero-order valence-electron chi connectivity index (χ0n) is 11.1. The molecule has 2 unspecified atom stereocenters. The van der Waals surface area contributed by atoms with Crippen LogP contribution < -0.4 is 5.73 Å². The monoisotopic (exact) mass is 284 g/mol. The topological polar surface area (TPSA) is 63.4 Å². The SMILES string of the molecule is CC1CC(CN)CN1S(=O)(=O)CC(C)(C)C.Cl. The molecule has 0 aliphatic carbocycles. The van der Waals surface area contributed by atoms with Crippen LogP contribution in [0.15, 0.2) is 0 Å². The second-order valence-corrected chi connectivity index (χ2v) is 7.99. The van der Waals surface area contributed by atoms with E-state index in [1.54, 1.807) is 4.31 Å². The van der Waals surface area contributed by atoms with Crippen molar-refractivity contribution in [3.05, 3.63) is 0 Å². The summed E-state index contributed by atoms with van der Waals surface area (Å²) in [7, 11) is -3.13. The van der Waals surface area contributed by atoms with E-state index in [0.29, 0.717) is 19.0 Å². The molecule has 1 rings (SSSR count). The first kappa shape index (κ1) is 17.2. The fraction of sp³-hybridized carbons (Fsp3) is 1.00. The van der Waals surface area contributed by atoms with Crippen molar-refractivity contribution in [1.82, 2.24) is 4.31 Å². The van der Waals surface area contributed by atoms with Gasteiger partial charge in [-0.1, -0.05) is 20.8 Å². The van der Waals surface area contributed by atoms with Gasteiger partial charge in [0.15, 0.2) is 0 Å². The van der Waals surface area contributed by atoms with Crippen molar-refractivity contribution in [1.29, 1.82) is 0 Å². The highest BCUT2D eigenvalue weighted by atomic mass is 35.5. The molecule has 17 heavy (non-hydrogen) atoms. The average Bonchev–Trinajstić information content (AvgIpc) is 2.43. The van der Waals surface area contributed by atoms with Crippen molar-refractivity contribution < 1.29 is 8.42 Å². The Morgan fingerprint density at radius 3 is 2.24 bits per heavy atom. The van der Waals surface area contributed by atoms with Crippen LogP contribution in [0.5, 0.6) is 0 Å². The van der Waals surface area contributed by atoms with Gasteiger partial charge in [-0.2, -0.15) is 4.31 Å². The van der Waals surface area contributed by atoms with Crippen molar-refractivity contribution in [2.75, 3.05) is 18.8 Å². The smallest absolute Gasteiger partial charge is 0.214 e. The van der Waals surface area contributed by atoms with E-state index in [4.69, 9.17) is 5.73 Å². The minimum atomic E-state index is -3.13. The van der Waals surface area contributed by atoms with Gasteiger partial charge in [0.2, 0.25) is 10.0 Å². The van der Waals surface area contributed by atoms with E-state index in [0.717, 1.165) is 6.42 Å². The minimum Gasteiger partial charge on any atom is -0.330 e. The summed E-state index contributed by atoms with van der Waals surface area (Å²) in [5, 5.41) is 0.